The SMILES string of the molecule is Cc1cc(C(C)Nc2cc(C(F)(F)F)nc(Cl)n2)c(C)s1. The van der Waals surface area contributed by atoms with Crippen LogP contribution in [0.4, 0.5) is 19.0 Å². The molecule has 3 nitrogen and oxygen atoms in total. The molecule has 0 radical (unpaired) electrons. The quantitative estimate of drug-likeness (QED) is 0.802. The van der Waals surface area contributed by atoms with Gasteiger partial charge in [0.25, 0.3) is 0 Å². The molecule has 2 aromatic rings. The molecule has 1 atom stereocenters. The highest BCUT2D eigenvalue weighted by Crippen LogP contribution is 2.32. The first-order valence-corrected chi connectivity index (χ1v) is 7.31. The smallest absolute Gasteiger partial charge is 0.363 e. The third-order valence-electron chi connectivity index (χ3n) is 2.90. The van der Waals surface area contributed by atoms with Gasteiger partial charge in [0, 0.05) is 15.8 Å². The lowest BCUT2D eigenvalue weighted by Crippen LogP contribution is -2.13. The molecule has 0 spiro atoms. The molecule has 114 valence electrons. The minimum atomic E-state index is -4.55. The topological polar surface area (TPSA) is 37.8 Å². The van der Waals surface area contributed by atoms with Gasteiger partial charge in [0.1, 0.15) is 5.82 Å². The molecule has 0 saturated carbocycles. The number of nitrogens with one attached hydrogen (secondary N) is 1. The number of anilines is 1. The maximum absolute atomic E-state index is 12.7. The lowest BCUT2D eigenvalue weighted by atomic mass is 10.1. The molecule has 8 heteroatoms. The summed E-state index contributed by atoms with van der Waals surface area (Å²) in [5.74, 6) is 0.0538. The first-order valence-electron chi connectivity index (χ1n) is 6.12. The van der Waals surface area contributed by atoms with Crippen LogP contribution in [-0.2, 0) is 6.18 Å². The van der Waals surface area contributed by atoms with E-state index in [1.807, 2.05) is 26.8 Å². The van der Waals surface area contributed by atoms with Crippen LogP contribution >= 0.6 is 22.9 Å². The monoisotopic (exact) mass is 335 g/mol. The van der Waals surface area contributed by atoms with E-state index in [-0.39, 0.29) is 11.9 Å². The van der Waals surface area contributed by atoms with Crippen LogP contribution in [0.5, 0.6) is 0 Å². The van der Waals surface area contributed by atoms with E-state index in [2.05, 4.69) is 15.3 Å². The maximum atomic E-state index is 12.7. The summed E-state index contributed by atoms with van der Waals surface area (Å²) in [6.45, 7) is 5.81. The molecule has 0 fully saturated rings. The Hall–Kier alpha value is -1.34. The van der Waals surface area contributed by atoms with E-state index in [0.29, 0.717) is 0 Å². The van der Waals surface area contributed by atoms with Crippen molar-refractivity contribution in [2.24, 2.45) is 0 Å². The molecule has 0 amide bonds. The van der Waals surface area contributed by atoms with Crippen LogP contribution in [0.2, 0.25) is 5.28 Å². The molecule has 0 bridgehead atoms. The predicted octanol–water partition coefficient (Wildman–Crippen LogP) is 5.00. The Balaban J connectivity index is 2.27. The summed E-state index contributed by atoms with van der Waals surface area (Å²) in [6, 6.07) is 2.68. The van der Waals surface area contributed by atoms with Gasteiger partial charge in [-0.25, -0.2) is 9.97 Å². The summed E-state index contributed by atoms with van der Waals surface area (Å²) in [5, 5.41) is 2.50. The summed E-state index contributed by atoms with van der Waals surface area (Å²) in [4.78, 5) is 9.25. The van der Waals surface area contributed by atoms with Crippen molar-refractivity contribution in [2.75, 3.05) is 5.32 Å². The molecule has 0 aromatic carbocycles. The number of aryl methyl sites for hydroxylation is 2. The fourth-order valence-corrected chi connectivity index (χ4v) is 3.22. The van der Waals surface area contributed by atoms with Crippen LogP contribution < -0.4 is 5.32 Å². The Morgan fingerprint density at radius 3 is 2.43 bits per heavy atom. The van der Waals surface area contributed by atoms with Crippen LogP contribution in [0.1, 0.15) is 34.0 Å². The second kappa shape index (κ2) is 5.81. The Kier molecular flexibility index (Phi) is 4.43. The van der Waals surface area contributed by atoms with Crippen molar-refractivity contribution in [3.8, 4) is 0 Å². The van der Waals surface area contributed by atoms with E-state index >= 15 is 0 Å². The van der Waals surface area contributed by atoms with Crippen molar-refractivity contribution in [3.63, 3.8) is 0 Å². The normalized spacial score (nSPS) is 13.3. The van der Waals surface area contributed by atoms with Gasteiger partial charge in [0.2, 0.25) is 5.28 Å². The number of halogens is 4. The van der Waals surface area contributed by atoms with Crippen molar-refractivity contribution in [3.05, 3.63) is 38.4 Å². The highest BCUT2D eigenvalue weighted by Gasteiger charge is 2.33. The molecule has 2 rings (SSSR count). The lowest BCUT2D eigenvalue weighted by molar-refractivity contribution is -0.141. The molecule has 0 aliphatic heterocycles. The highest BCUT2D eigenvalue weighted by molar-refractivity contribution is 7.12. The van der Waals surface area contributed by atoms with Gasteiger partial charge in [-0.1, -0.05) is 0 Å². The zero-order chi connectivity index (χ0) is 15.8. The zero-order valence-corrected chi connectivity index (χ0v) is 13.1. The summed E-state index contributed by atoms with van der Waals surface area (Å²) >= 11 is 7.20. The Bertz CT molecular complexity index is 655. The first-order chi connectivity index (χ1) is 9.66. The molecule has 1 N–H and O–H groups in total. The Morgan fingerprint density at radius 2 is 1.90 bits per heavy atom. The number of rotatable bonds is 3. The summed E-state index contributed by atoms with van der Waals surface area (Å²) in [6.07, 6.45) is -4.55. The standard InChI is InChI=1S/C13H13ClF3N3S/c1-6-4-9(8(3)21-6)7(2)18-11-5-10(13(15,16)17)19-12(14)20-11/h4-5,7H,1-3H3,(H,18,19,20). The molecule has 21 heavy (non-hydrogen) atoms. The summed E-state index contributed by atoms with van der Waals surface area (Å²) in [7, 11) is 0. The van der Waals surface area contributed by atoms with Gasteiger partial charge in [-0.2, -0.15) is 13.2 Å². The van der Waals surface area contributed by atoms with Gasteiger partial charge in [0.15, 0.2) is 5.69 Å². The highest BCUT2D eigenvalue weighted by atomic mass is 35.5. The van der Waals surface area contributed by atoms with Gasteiger partial charge in [-0.05, 0) is 44.0 Å². The van der Waals surface area contributed by atoms with E-state index in [9.17, 15) is 13.2 Å². The number of hydrogen-bond donors (Lipinski definition) is 1. The maximum Gasteiger partial charge on any atom is 0.433 e. The van der Waals surface area contributed by atoms with Crippen LogP contribution in [0, 0.1) is 13.8 Å². The van der Waals surface area contributed by atoms with Crippen molar-refractivity contribution in [1.29, 1.82) is 0 Å². The van der Waals surface area contributed by atoms with Gasteiger partial charge in [-0.3, -0.25) is 0 Å². The van der Waals surface area contributed by atoms with Crippen LogP contribution in [0.25, 0.3) is 0 Å². The average molecular weight is 336 g/mol. The average Bonchev–Trinajstić information content (AvgIpc) is 2.66. The van der Waals surface area contributed by atoms with Gasteiger partial charge in [-0.15, -0.1) is 11.3 Å². The van der Waals surface area contributed by atoms with Crippen LogP contribution in [0.15, 0.2) is 12.1 Å². The van der Waals surface area contributed by atoms with Gasteiger partial charge < -0.3 is 5.32 Å². The Morgan fingerprint density at radius 1 is 1.24 bits per heavy atom. The van der Waals surface area contributed by atoms with Crippen molar-refractivity contribution >= 4 is 28.8 Å². The fraction of sp³-hybridized carbons (Fsp3) is 0.385. The predicted molar refractivity (Wildman–Crippen MR) is 77.9 cm³/mol. The molecular formula is C13H13ClF3N3S. The van der Waals surface area contributed by atoms with Crippen LogP contribution in [0.3, 0.4) is 0 Å². The zero-order valence-electron chi connectivity index (χ0n) is 11.5. The summed E-state index contributed by atoms with van der Waals surface area (Å²) < 4.78 is 38.1. The molecule has 2 aromatic heterocycles. The summed E-state index contributed by atoms with van der Waals surface area (Å²) in [5.41, 5.74) is -0.0313. The number of hydrogen-bond acceptors (Lipinski definition) is 4. The third-order valence-corrected chi connectivity index (χ3v) is 4.05. The van der Waals surface area contributed by atoms with E-state index in [4.69, 9.17) is 11.6 Å². The molecule has 2 heterocycles. The van der Waals surface area contributed by atoms with Gasteiger partial charge in [0.05, 0.1) is 6.04 Å². The number of alkyl halides is 3. The third kappa shape index (κ3) is 3.85. The number of thiophene rings is 1. The van der Waals surface area contributed by atoms with Crippen molar-refractivity contribution in [2.45, 2.75) is 33.0 Å². The lowest BCUT2D eigenvalue weighted by Gasteiger charge is -2.16. The molecule has 0 aliphatic carbocycles. The van der Waals surface area contributed by atoms with Crippen molar-refractivity contribution < 1.29 is 13.2 Å². The van der Waals surface area contributed by atoms with E-state index < -0.39 is 17.2 Å². The fourth-order valence-electron chi connectivity index (χ4n) is 2.02. The molecule has 0 saturated heterocycles. The number of aromatic nitrogens is 2. The second-order valence-electron chi connectivity index (χ2n) is 4.64. The molecular weight excluding hydrogens is 323 g/mol. The van der Waals surface area contributed by atoms with E-state index in [1.54, 1.807) is 11.3 Å². The number of nitrogens with zero attached hydrogens (tertiary/aromatic N) is 2. The minimum absolute atomic E-state index is 0.0538. The first kappa shape index (κ1) is 16.0. The molecule has 1 unspecified atom stereocenters. The van der Waals surface area contributed by atoms with E-state index in [1.165, 1.54) is 0 Å². The molecule has 0 aliphatic rings. The largest absolute Gasteiger partial charge is 0.433 e. The second-order valence-corrected chi connectivity index (χ2v) is 6.44. The van der Waals surface area contributed by atoms with E-state index in [0.717, 1.165) is 21.4 Å². The Labute approximate surface area is 129 Å². The van der Waals surface area contributed by atoms with Gasteiger partial charge >= 0.3 is 6.18 Å². The minimum Gasteiger partial charge on any atom is -0.363 e. The van der Waals surface area contributed by atoms with Crippen molar-refractivity contribution in [1.82, 2.24) is 9.97 Å². The van der Waals surface area contributed by atoms with Crippen LogP contribution in [-0.4, -0.2) is 9.97 Å².